The van der Waals surface area contributed by atoms with E-state index in [1.165, 1.54) is 0 Å². The van der Waals surface area contributed by atoms with E-state index in [9.17, 15) is 14.4 Å². The molecule has 1 N–H and O–H groups in total. The smallest absolute Gasteiger partial charge is 0.261 e. The summed E-state index contributed by atoms with van der Waals surface area (Å²) in [4.78, 5) is 38.9. The molecule has 0 bridgehead atoms. The molecule has 0 aliphatic carbocycles. The van der Waals surface area contributed by atoms with Crippen LogP contribution in [0.5, 0.6) is 0 Å². The van der Waals surface area contributed by atoms with Gasteiger partial charge in [-0.05, 0) is 29.7 Å². The maximum Gasteiger partial charge on any atom is 0.261 e. The first-order chi connectivity index (χ1) is 13.1. The van der Waals surface area contributed by atoms with E-state index in [1.54, 1.807) is 48.5 Å². The molecule has 0 saturated carbocycles. The zero-order valence-corrected chi connectivity index (χ0v) is 15.0. The molecule has 0 aromatic heterocycles. The van der Waals surface area contributed by atoms with Crippen molar-refractivity contribution in [3.63, 3.8) is 0 Å². The van der Waals surface area contributed by atoms with Crippen LogP contribution in [-0.2, 0) is 4.79 Å². The highest BCUT2D eigenvalue weighted by Gasteiger charge is 2.32. The summed E-state index contributed by atoms with van der Waals surface area (Å²) >= 11 is 6.03. The lowest BCUT2D eigenvalue weighted by Gasteiger charge is -2.27. The summed E-state index contributed by atoms with van der Waals surface area (Å²) in [7, 11) is 0. The standard InChI is InChI=1S/C21H15ClN2O3/c22-16-9-1-2-10-17(16)23-18(25)11-12-24-20(26)14-7-3-5-13-6-4-8-15(19(13)14)21(24)27/h1-10H,11-12H2,(H,23,25). The number of para-hydroxylation sites is 1. The Morgan fingerprint density at radius 3 is 2.15 bits per heavy atom. The van der Waals surface area contributed by atoms with Gasteiger partial charge in [-0.3, -0.25) is 19.3 Å². The summed E-state index contributed by atoms with van der Waals surface area (Å²) in [6, 6.07) is 17.6. The van der Waals surface area contributed by atoms with Crippen molar-refractivity contribution < 1.29 is 14.4 Å². The summed E-state index contributed by atoms with van der Waals surface area (Å²) in [6.45, 7) is -0.00131. The summed E-state index contributed by atoms with van der Waals surface area (Å²) in [5.74, 6) is -1.08. The van der Waals surface area contributed by atoms with Crippen LogP contribution in [0, 0.1) is 0 Å². The van der Waals surface area contributed by atoms with Gasteiger partial charge in [0.25, 0.3) is 11.8 Å². The Morgan fingerprint density at radius 1 is 0.889 bits per heavy atom. The lowest BCUT2D eigenvalue weighted by molar-refractivity contribution is -0.116. The Kier molecular flexibility index (Phi) is 4.38. The molecule has 1 aliphatic heterocycles. The minimum atomic E-state index is -0.380. The van der Waals surface area contributed by atoms with Crippen LogP contribution in [0.25, 0.3) is 10.8 Å². The SMILES string of the molecule is O=C(CCN1C(=O)c2cccc3cccc(c23)C1=O)Nc1ccccc1Cl. The molecule has 0 atom stereocenters. The number of rotatable bonds is 4. The van der Waals surface area contributed by atoms with E-state index in [-0.39, 0.29) is 30.7 Å². The van der Waals surface area contributed by atoms with Gasteiger partial charge >= 0.3 is 0 Å². The number of anilines is 1. The van der Waals surface area contributed by atoms with E-state index < -0.39 is 0 Å². The number of hydrogen-bond acceptors (Lipinski definition) is 3. The van der Waals surface area contributed by atoms with Crippen molar-refractivity contribution in [2.75, 3.05) is 11.9 Å². The van der Waals surface area contributed by atoms with E-state index in [0.29, 0.717) is 27.2 Å². The van der Waals surface area contributed by atoms with Gasteiger partial charge in [0.15, 0.2) is 0 Å². The molecule has 0 radical (unpaired) electrons. The van der Waals surface area contributed by atoms with Crippen LogP contribution >= 0.6 is 11.6 Å². The molecule has 0 fully saturated rings. The predicted molar refractivity (Wildman–Crippen MR) is 104 cm³/mol. The maximum absolute atomic E-state index is 12.8. The molecular weight excluding hydrogens is 364 g/mol. The van der Waals surface area contributed by atoms with E-state index in [4.69, 9.17) is 11.6 Å². The van der Waals surface area contributed by atoms with Gasteiger partial charge < -0.3 is 5.32 Å². The first-order valence-electron chi connectivity index (χ1n) is 8.48. The highest BCUT2D eigenvalue weighted by molar-refractivity contribution is 6.33. The van der Waals surface area contributed by atoms with Crippen LogP contribution in [-0.4, -0.2) is 29.2 Å². The second-order valence-electron chi connectivity index (χ2n) is 6.25. The Bertz CT molecular complexity index is 1040. The first kappa shape index (κ1) is 17.2. The molecule has 6 heteroatoms. The number of imide groups is 1. The number of halogens is 1. The fraction of sp³-hybridized carbons (Fsp3) is 0.0952. The number of carbonyl (C=O) groups excluding carboxylic acids is 3. The summed E-state index contributed by atoms with van der Waals surface area (Å²) in [5, 5.41) is 4.65. The van der Waals surface area contributed by atoms with Gasteiger partial charge in [0.2, 0.25) is 5.91 Å². The van der Waals surface area contributed by atoms with Gasteiger partial charge in [-0.25, -0.2) is 0 Å². The summed E-state index contributed by atoms with van der Waals surface area (Å²) in [6.07, 6.45) is -0.0130. The predicted octanol–water partition coefficient (Wildman–Crippen LogP) is 4.12. The van der Waals surface area contributed by atoms with Crippen LogP contribution < -0.4 is 5.32 Å². The lowest BCUT2D eigenvalue weighted by atomic mass is 9.94. The molecule has 3 amide bonds. The van der Waals surface area contributed by atoms with E-state index in [0.717, 1.165) is 10.3 Å². The molecule has 0 unspecified atom stereocenters. The number of nitrogens with zero attached hydrogens (tertiary/aromatic N) is 1. The van der Waals surface area contributed by atoms with Crippen molar-refractivity contribution in [2.24, 2.45) is 0 Å². The molecule has 0 saturated heterocycles. The topological polar surface area (TPSA) is 66.5 Å². The van der Waals surface area contributed by atoms with Crippen LogP contribution in [0.15, 0.2) is 60.7 Å². The number of amides is 3. The summed E-state index contributed by atoms with van der Waals surface area (Å²) in [5.41, 5.74) is 1.46. The molecule has 3 aromatic carbocycles. The largest absolute Gasteiger partial charge is 0.325 e. The molecule has 3 aromatic rings. The zero-order chi connectivity index (χ0) is 19.0. The van der Waals surface area contributed by atoms with Crippen molar-refractivity contribution >= 4 is 45.8 Å². The van der Waals surface area contributed by atoms with E-state index in [2.05, 4.69) is 5.32 Å². The fourth-order valence-electron chi connectivity index (χ4n) is 3.27. The monoisotopic (exact) mass is 378 g/mol. The number of carbonyl (C=O) groups is 3. The molecule has 1 heterocycles. The Morgan fingerprint density at radius 2 is 1.52 bits per heavy atom. The second kappa shape index (κ2) is 6.85. The lowest BCUT2D eigenvalue weighted by Crippen LogP contribution is -2.41. The Labute approximate surface area is 160 Å². The highest BCUT2D eigenvalue weighted by Crippen LogP contribution is 2.30. The zero-order valence-electron chi connectivity index (χ0n) is 14.2. The number of benzene rings is 3. The van der Waals surface area contributed by atoms with Gasteiger partial charge in [-0.15, -0.1) is 0 Å². The third-order valence-corrected chi connectivity index (χ3v) is 4.90. The highest BCUT2D eigenvalue weighted by atomic mass is 35.5. The minimum Gasteiger partial charge on any atom is -0.325 e. The van der Waals surface area contributed by atoms with Gasteiger partial charge in [0.05, 0.1) is 10.7 Å². The third-order valence-electron chi connectivity index (χ3n) is 4.57. The molecule has 134 valence electrons. The van der Waals surface area contributed by atoms with E-state index in [1.807, 2.05) is 12.1 Å². The van der Waals surface area contributed by atoms with Gasteiger partial charge in [0, 0.05) is 29.5 Å². The maximum atomic E-state index is 12.8. The van der Waals surface area contributed by atoms with Crippen LogP contribution in [0.1, 0.15) is 27.1 Å². The van der Waals surface area contributed by atoms with Crippen LogP contribution in [0.3, 0.4) is 0 Å². The minimum absolute atomic E-state index is 0.00131. The molecule has 5 nitrogen and oxygen atoms in total. The average Bonchev–Trinajstić information content (AvgIpc) is 2.67. The quantitative estimate of drug-likeness (QED) is 0.694. The Balaban J connectivity index is 1.54. The number of nitrogens with one attached hydrogen (secondary N) is 1. The van der Waals surface area contributed by atoms with E-state index >= 15 is 0 Å². The molecule has 1 aliphatic rings. The Hall–Kier alpha value is -3.18. The fourth-order valence-corrected chi connectivity index (χ4v) is 3.46. The van der Waals surface area contributed by atoms with Crippen molar-refractivity contribution in [1.29, 1.82) is 0 Å². The van der Waals surface area contributed by atoms with Gasteiger partial charge in [-0.1, -0.05) is 48.0 Å². The van der Waals surface area contributed by atoms with Crippen LogP contribution in [0.2, 0.25) is 5.02 Å². The molecular formula is C21H15ClN2O3. The molecule has 4 rings (SSSR count). The van der Waals surface area contributed by atoms with Crippen molar-refractivity contribution in [3.05, 3.63) is 76.8 Å². The summed E-state index contributed by atoms with van der Waals surface area (Å²) < 4.78 is 0. The second-order valence-corrected chi connectivity index (χ2v) is 6.66. The number of hydrogen-bond donors (Lipinski definition) is 1. The van der Waals surface area contributed by atoms with Crippen molar-refractivity contribution in [1.82, 2.24) is 4.90 Å². The molecule has 0 spiro atoms. The van der Waals surface area contributed by atoms with Gasteiger partial charge in [0.1, 0.15) is 0 Å². The van der Waals surface area contributed by atoms with Crippen LogP contribution in [0.4, 0.5) is 5.69 Å². The molecule has 27 heavy (non-hydrogen) atoms. The third kappa shape index (κ3) is 3.06. The van der Waals surface area contributed by atoms with Gasteiger partial charge in [-0.2, -0.15) is 0 Å². The van der Waals surface area contributed by atoms with Crippen molar-refractivity contribution in [2.45, 2.75) is 6.42 Å². The first-order valence-corrected chi connectivity index (χ1v) is 8.86. The normalized spacial score (nSPS) is 13.1. The average molecular weight is 379 g/mol. The van der Waals surface area contributed by atoms with Crippen molar-refractivity contribution in [3.8, 4) is 0 Å².